The molecule has 0 unspecified atom stereocenters. The Hall–Kier alpha value is -0.610. The smallest absolute Gasteiger partial charge is 0.219 e. The van der Waals surface area contributed by atoms with Crippen molar-refractivity contribution >= 4 is 5.91 Å². The molecule has 0 radical (unpaired) electrons. The molecule has 1 saturated carbocycles. The fourth-order valence-corrected chi connectivity index (χ4v) is 2.87. The Morgan fingerprint density at radius 2 is 1.62 bits per heavy atom. The quantitative estimate of drug-likeness (QED) is 0.703. The fraction of sp³-hybridized carbons (Fsp3) is 0.917. The molecule has 0 aromatic rings. The van der Waals surface area contributed by atoms with Gasteiger partial charge in [-0.05, 0) is 25.7 Å². The van der Waals surface area contributed by atoms with Gasteiger partial charge in [-0.3, -0.25) is 9.69 Å². The molecule has 16 heavy (non-hydrogen) atoms. The van der Waals surface area contributed by atoms with Crippen LogP contribution in [0.5, 0.6) is 0 Å². The molecule has 1 aliphatic carbocycles. The van der Waals surface area contributed by atoms with Crippen LogP contribution in [0.4, 0.5) is 0 Å². The van der Waals surface area contributed by atoms with Crippen molar-refractivity contribution in [2.75, 3.05) is 26.2 Å². The van der Waals surface area contributed by atoms with Crippen LogP contribution in [0.15, 0.2) is 0 Å². The first-order valence-corrected chi connectivity index (χ1v) is 6.42. The van der Waals surface area contributed by atoms with Gasteiger partial charge < -0.3 is 10.6 Å². The first kappa shape index (κ1) is 11.9. The van der Waals surface area contributed by atoms with Crippen molar-refractivity contribution in [3.8, 4) is 0 Å². The molecule has 4 nitrogen and oxygen atoms in total. The monoisotopic (exact) mass is 225 g/mol. The van der Waals surface area contributed by atoms with Crippen LogP contribution in [-0.4, -0.2) is 54.0 Å². The molecule has 0 atom stereocenters. The summed E-state index contributed by atoms with van der Waals surface area (Å²) in [5.74, 6) is 0.213. The summed E-state index contributed by atoms with van der Waals surface area (Å²) in [5.41, 5.74) is 5.92. The fourth-order valence-electron chi connectivity index (χ4n) is 2.87. The van der Waals surface area contributed by atoms with E-state index in [0.29, 0.717) is 12.1 Å². The average Bonchev–Trinajstić information content (AvgIpc) is 2.30. The molecule has 4 heteroatoms. The third kappa shape index (κ3) is 2.74. The van der Waals surface area contributed by atoms with Gasteiger partial charge in [0, 0.05) is 45.2 Å². The van der Waals surface area contributed by atoms with E-state index in [1.165, 1.54) is 12.8 Å². The molecule has 0 bridgehead atoms. The number of nitrogens with two attached hydrogens (primary N) is 1. The highest BCUT2D eigenvalue weighted by Gasteiger charge is 2.27. The van der Waals surface area contributed by atoms with Crippen molar-refractivity contribution in [1.82, 2.24) is 9.80 Å². The summed E-state index contributed by atoms with van der Waals surface area (Å²) < 4.78 is 0. The lowest BCUT2D eigenvalue weighted by molar-refractivity contribution is -0.131. The second-order valence-electron chi connectivity index (χ2n) is 5.11. The molecule has 2 rings (SSSR count). The van der Waals surface area contributed by atoms with E-state index < -0.39 is 0 Å². The zero-order chi connectivity index (χ0) is 11.5. The Labute approximate surface area is 97.8 Å². The maximum Gasteiger partial charge on any atom is 0.219 e. The molecular formula is C12H23N3O. The van der Waals surface area contributed by atoms with Gasteiger partial charge in [-0.1, -0.05) is 0 Å². The van der Waals surface area contributed by atoms with Crippen LogP contribution in [0.25, 0.3) is 0 Å². The van der Waals surface area contributed by atoms with Crippen LogP contribution in [-0.2, 0) is 4.79 Å². The highest BCUT2D eigenvalue weighted by atomic mass is 16.2. The van der Waals surface area contributed by atoms with Crippen molar-refractivity contribution in [3.05, 3.63) is 0 Å². The van der Waals surface area contributed by atoms with E-state index in [2.05, 4.69) is 4.90 Å². The third-order valence-electron chi connectivity index (χ3n) is 4.02. The number of carbonyl (C=O) groups excluding carboxylic acids is 1. The van der Waals surface area contributed by atoms with Crippen molar-refractivity contribution in [3.63, 3.8) is 0 Å². The van der Waals surface area contributed by atoms with E-state index >= 15 is 0 Å². The summed E-state index contributed by atoms with van der Waals surface area (Å²) in [6.45, 7) is 5.55. The number of carbonyl (C=O) groups is 1. The lowest BCUT2D eigenvalue weighted by Crippen LogP contribution is -2.52. The van der Waals surface area contributed by atoms with Gasteiger partial charge in [-0.2, -0.15) is 0 Å². The molecule has 1 aliphatic heterocycles. The van der Waals surface area contributed by atoms with Crippen molar-refractivity contribution in [2.24, 2.45) is 5.73 Å². The van der Waals surface area contributed by atoms with Gasteiger partial charge in [0.05, 0.1) is 0 Å². The number of piperazine rings is 1. The molecule has 2 aliphatic rings. The maximum atomic E-state index is 11.2. The van der Waals surface area contributed by atoms with Crippen LogP contribution in [0.1, 0.15) is 32.6 Å². The number of amides is 1. The lowest BCUT2D eigenvalue weighted by atomic mass is 9.90. The predicted molar refractivity (Wildman–Crippen MR) is 64.1 cm³/mol. The molecule has 1 saturated heterocycles. The number of nitrogens with zero attached hydrogens (tertiary/aromatic N) is 2. The number of hydrogen-bond donors (Lipinski definition) is 1. The Balaban J connectivity index is 1.78. The largest absolute Gasteiger partial charge is 0.340 e. The van der Waals surface area contributed by atoms with E-state index in [-0.39, 0.29) is 5.91 Å². The van der Waals surface area contributed by atoms with Crippen LogP contribution >= 0.6 is 0 Å². The summed E-state index contributed by atoms with van der Waals surface area (Å²) in [5, 5.41) is 0. The van der Waals surface area contributed by atoms with E-state index in [1.807, 2.05) is 4.90 Å². The molecule has 0 spiro atoms. The second kappa shape index (κ2) is 5.15. The zero-order valence-corrected chi connectivity index (χ0v) is 10.2. The van der Waals surface area contributed by atoms with Gasteiger partial charge >= 0.3 is 0 Å². The van der Waals surface area contributed by atoms with Gasteiger partial charge in [-0.15, -0.1) is 0 Å². The summed E-state index contributed by atoms with van der Waals surface area (Å²) in [6, 6.07) is 1.14. The topological polar surface area (TPSA) is 49.6 Å². The lowest BCUT2D eigenvalue weighted by Gasteiger charge is -2.41. The minimum Gasteiger partial charge on any atom is -0.340 e. The Morgan fingerprint density at radius 1 is 1.06 bits per heavy atom. The summed E-state index contributed by atoms with van der Waals surface area (Å²) >= 11 is 0. The first-order chi connectivity index (χ1) is 7.66. The summed E-state index contributed by atoms with van der Waals surface area (Å²) in [4.78, 5) is 15.7. The number of hydrogen-bond acceptors (Lipinski definition) is 3. The zero-order valence-electron chi connectivity index (χ0n) is 10.2. The first-order valence-electron chi connectivity index (χ1n) is 6.42. The Bertz CT molecular complexity index is 241. The second-order valence-corrected chi connectivity index (χ2v) is 5.11. The van der Waals surface area contributed by atoms with E-state index in [0.717, 1.165) is 39.0 Å². The van der Waals surface area contributed by atoms with Gasteiger partial charge in [0.1, 0.15) is 0 Å². The molecule has 1 heterocycles. The normalized spacial score (nSPS) is 32.8. The predicted octanol–water partition coefficient (Wildman–Crippen LogP) is 0.420. The van der Waals surface area contributed by atoms with Crippen molar-refractivity contribution in [1.29, 1.82) is 0 Å². The van der Waals surface area contributed by atoms with Crippen molar-refractivity contribution < 1.29 is 4.79 Å². The molecule has 92 valence electrons. The van der Waals surface area contributed by atoms with Crippen molar-refractivity contribution in [2.45, 2.75) is 44.7 Å². The third-order valence-corrected chi connectivity index (χ3v) is 4.02. The molecule has 0 aromatic carbocycles. The molecule has 0 aromatic heterocycles. The standard InChI is InChI=1S/C12H23N3O/c1-10(16)14-6-8-15(9-7-14)12-4-2-11(13)3-5-12/h11-12H,2-9,13H2,1H3. The molecule has 1 amide bonds. The average molecular weight is 225 g/mol. The Morgan fingerprint density at radius 3 is 2.12 bits per heavy atom. The SMILES string of the molecule is CC(=O)N1CCN(C2CCC(N)CC2)CC1. The van der Waals surface area contributed by atoms with Crippen LogP contribution in [0.3, 0.4) is 0 Å². The van der Waals surface area contributed by atoms with Gasteiger partial charge in [0.15, 0.2) is 0 Å². The highest BCUT2D eigenvalue weighted by Crippen LogP contribution is 2.23. The van der Waals surface area contributed by atoms with E-state index in [4.69, 9.17) is 5.73 Å². The Kier molecular flexibility index (Phi) is 3.82. The minimum atomic E-state index is 0.213. The van der Waals surface area contributed by atoms with E-state index in [9.17, 15) is 4.79 Å². The number of rotatable bonds is 1. The molecule has 2 N–H and O–H groups in total. The summed E-state index contributed by atoms with van der Waals surface area (Å²) in [6.07, 6.45) is 4.80. The van der Waals surface area contributed by atoms with Gasteiger partial charge in [0.2, 0.25) is 5.91 Å². The minimum absolute atomic E-state index is 0.213. The van der Waals surface area contributed by atoms with Crippen LogP contribution in [0.2, 0.25) is 0 Å². The van der Waals surface area contributed by atoms with Crippen LogP contribution in [0, 0.1) is 0 Å². The molecular weight excluding hydrogens is 202 g/mol. The van der Waals surface area contributed by atoms with Gasteiger partial charge in [0.25, 0.3) is 0 Å². The molecule has 2 fully saturated rings. The van der Waals surface area contributed by atoms with Crippen LogP contribution < -0.4 is 5.73 Å². The maximum absolute atomic E-state index is 11.2. The van der Waals surface area contributed by atoms with Gasteiger partial charge in [-0.25, -0.2) is 0 Å². The highest BCUT2D eigenvalue weighted by molar-refractivity contribution is 5.73. The van der Waals surface area contributed by atoms with E-state index in [1.54, 1.807) is 6.92 Å². The summed E-state index contributed by atoms with van der Waals surface area (Å²) in [7, 11) is 0.